The van der Waals surface area contributed by atoms with Crippen LogP contribution in [-0.4, -0.2) is 19.1 Å². The van der Waals surface area contributed by atoms with E-state index in [9.17, 15) is 4.79 Å². The first kappa shape index (κ1) is 18.8. The quantitative estimate of drug-likeness (QED) is 0.854. The highest BCUT2D eigenvalue weighted by Gasteiger charge is 2.20. The first-order chi connectivity index (χ1) is 11.8. The number of ether oxygens (including phenoxy) is 2. The first-order valence-corrected chi connectivity index (χ1v) is 8.51. The van der Waals surface area contributed by atoms with Crippen molar-refractivity contribution in [3.63, 3.8) is 0 Å². The molecule has 0 bridgehead atoms. The summed E-state index contributed by atoms with van der Waals surface area (Å²) in [6, 6.07) is 11.5. The standard InChI is InChI=1S/C21H27NO3/c1-13-11-15(3)18(12-14(13)2)16(4)22-21(23)17(5)25-20-10-8-7-9-19(20)24-6/h7-12,16-17H,1-6H3,(H,22,23)/t16-,17+/m1/s1. The number of hydrogen-bond donors (Lipinski definition) is 1. The summed E-state index contributed by atoms with van der Waals surface area (Å²) < 4.78 is 11.0. The van der Waals surface area contributed by atoms with E-state index in [4.69, 9.17) is 9.47 Å². The number of benzene rings is 2. The number of hydrogen-bond acceptors (Lipinski definition) is 3. The van der Waals surface area contributed by atoms with Crippen molar-refractivity contribution in [2.45, 2.75) is 46.8 Å². The molecule has 0 fully saturated rings. The number of para-hydroxylation sites is 2. The monoisotopic (exact) mass is 341 g/mol. The molecular weight excluding hydrogens is 314 g/mol. The summed E-state index contributed by atoms with van der Waals surface area (Å²) in [7, 11) is 1.58. The molecule has 0 aromatic heterocycles. The van der Waals surface area contributed by atoms with E-state index >= 15 is 0 Å². The molecule has 0 saturated carbocycles. The molecule has 4 heteroatoms. The van der Waals surface area contributed by atoms with Gasteiger partial charge in [0.2, 0.25) is 0 Å². The Balaban J connectivity index is 2.07. The number of carbonyl (C=O) groups is 1. The lowest BCUT2D eigenvalue weighted by atomic mass is 9.96. The second-order valence-corrected chi connectivity index (χ2v) is 6.43. The van der Waals surface area contributed by atoms with Crippen LogP contribution < -0.4 is 14.8 Å². The third-order valence-corrected chi connectivity index (χ3v) is 4.45. The Morgan fingerprint density at radius 3 is 2.20 bits per heavy atom. The topological polar surface area (TPSA) is 47.6 Å². The van der Waals surface area contributed by atoms with Crippen LogP contribution in [0, 0.1) is 20.8 Å². The van der Waals surface area contributed by atoms with E-state index in [1.54, 1.807) is 26.2 Å². The van der Waals surface area contributed by atoms with Crippen molar-refractivity contribution in [3.05, 3.63) is 58.7 Å². The minimum atomic E-state index is -0.620. The van der Waals surface area contributed by atoms with Crippen LogP contribution in [0.3, 0.4) is 0 Å². The van der Waals surface area contributed by atoms with E-state index in [2.05, 4.69) is 38.2 Å². The lowest BCUT2D eigenvalue weighted by molar-refractivity contribution is -0.127. The smallest absolute Gasteiger partial charge is 0.261 e. The molecule has 0 unspecified atom stereocenters. The molecular formula is C21H27NO3. The second-order valence-electron chi connectivity index (χ2n) is 6.43. The summed E-state index contributed by atoms with van der Waals surface area (Å²) >= 11 is 0. The Morgan fingerprint density at radius 1 is 0.960 bits per heavy atom. The summed E-state index contributed by atoms with van der Waals surface area (Å²) in [5, 5.41) is 3.04. The summed E-state index contributed by atoms with van der Waals surface area (Å²) in [6.07, 6.45) is -0.620. The van der Waals surface area contributed by atoms with Gasteiger partial charge in [0, 0.05) is 0 Å². The van der Waals surface area contributed by atoms with Gasteiger partial charge in [-0.25, -0.2) is 0 Å². The van der Waals surface area contributed by atoms with Crippen LogP contribution in [0.25, 0.3) is 0 Å². The third kappa shape index (κ3) is 4.53. The number of rotatable bonds is 6. The Morgan fingerprint density at radius 2 is 1.56 bits per heavy atom. The molecule has 0 saturated heterocycles. The van der Waals surface area contributed by atoms with Gasteiger partial charge in [-0.1, -0.05) is 24.3 Å². The lowest BCUT2D eigenvalue weighted by Crippen LogP contribution is -2.38. The van der Waals surface area contributed by atoms with Crippen molar-refractivity contribution < 1.29 is 14.3 Å². The highest BCUT2D eigenvalue weighted by atomic mass is 16.5. The minimum Gasteiger partial charge on any atom is -0.493 e. The van der Waals surface area contributed by atoms with Gasteiger partial charge >= 0.3 is 0 Å². The first-order valence-electron chi connectivity index (χ1n) is 8.51. The second kappa shape index (κ2) is 8.06. The Labute approximate surface area is 150 Å². The SMILES string of the molecule is COc1ccccc1O[C@@H](C)C(=O)N[C@H](C)c1cc(C)c(C)cc1C. The molecule has 134 valence electrons. The average Bonchev–Trinajstić information content (AvgIpc) is 2.58. The highest BCUT2D eigenvalue weighted by molar-refractivity contribution is 5.81. The predicted molar refractivity (Wildman–Crippen MR) is 100 cm³/mol. The zero-order valence-corrected chi connectivity index (χ0v) is 15.8. The third-order valence-electron chi connectivity index (χ3n) is 4.45. The maximum atomic E-state index is 12.5. The number of amides is 1. The fourth-order valence-corrected chi connectivity index (χ4v) is 2.82. The van der Waals surface area contributed by atoms with Crippen molar-refractivity contribution in [2.75, 3.05) is 7.11 Å². The minimum absolute atomic E-state index is 0.0875. The van der Waals surface area contributed by atoms with Crippen LogP contribution in [0.4, 0.5) is 0 Å². The molecule has 0 aliphatic carbocycles. The van der Waals surface area contributed by atoms with Gasteiger partial charge in [0.25, 0.3) is 5.91 Å². The van der Waals surface area contributed by atoms with Gasteiger partial charge in [0.05, 0.1) is 13.2 Å². The van der Waals surface area contributed by atoms with Gasteiger partial charge < -0.3 is 14.8 Å². The van der Waals surface area contributed by atoms with Crippen molar-refractivity contribution in [3.8, 4) is 11.5 Å². The fraction of sp³-hybridized carbons (Fsp3) is 0.381. The molecule has 25 heavy (non-hydrogen) atoms. The molecule has 0 radical (unpaired) electrons. The van der Waals surface area contributed by atoms with Crippen LogP contribution in [-0.2, 0) is 4.79 Å². The number of methoxy groups -OCH3 is 1. The largest absolute Gasteiger partial charge is 0.493 e. The molecule has 0 spiro atoms. The fourth-order valence-electron chi connectivity index (χ4n) is 2.82. The summed E-state index contributed by atoms with van der Waals surface area (Å²) in [5.41, 5.74) is 4.78. The van der Waals surface area contributed by atoms with Gasteiger partial charge in [-0.15, -0.1) is 0 Å². The van der Waals surface area contributed by atoms with E-state index in [1.807, 2.05) is 19.1 Å². The van der Waals surface area contributed by atoms with Crippen LogP contribution >= 0.6 is 0 Å². The van der Waals surface area contributed by atoms with E-state index in [0.717, 1.165) is 5.56 Å². The molecule has 0 aliphatic heterocycles. The molecule has 2 aromatic carbocycles. The van der Waals surface area contributed by atoms with Gasteiger partial charge in [-0.3, -0.25) is 4.79 Å². The van der Waals surface area contributed by atoms with Gasteiger partial charge in [-0.2, -0.15) is 0 Å². The van der Waals surface area contributed by atoms with Crippen molar-refractivity contribution in [2.24, 2.45) is 0 Å². The molecule has 0 aliphatic rings. The normalized spacial score (nSPS) is 13.0. The zero-order valence-electron chi connectivity index (χ0n) is 15.8. The predicted octanol–water partition coefficient (Wildman–Crippen LogP) is 4.27. The number of nitrogens with one attached hydrogen (secondary N) is 1. The van der Waals surface area contributed by atoms with Crippen molar-refractivity contribution in [1.29, 1.82) is 0 Å². The summed E-state index contributed by atoms with van der Waals surface area (Å²) in [5.74, 6) is 1.01. The van der Waals surface area contributed by atoms with E-state index in [0.29, 0.717) is 11.5 Å². The molecule has 1 N–H and O–H groups in total. The molecule has 0 heterocycles. The Bertz CT molecular complexity index is 755. The van der Waals surface area contributed by atoms with Crippen LogP contribution in [0.2, 0.25) is 0 Å². The molecule has 2 rings (SSSR count). The van der Waals surface area contributed by atoms with Gasteiger partial charge in [0.15, 0.2) is 17.6 Å². The molecule has 1 amide bonds. The van der Waals surface area contributed by atoms with E-state index < -0.39 is 6.10 Å². The number of carbonyl (C=O) groups excluding carboxylic acids is 1. The maximum absolute atomic E-state index is 12.5. The van der Waals surface area contributed by atoms with Crippen LogP contribution in [0.1, 0.15) is 42.1 Å². The van der Waals surface area contributed by atoms with Gasteiger partial charge in [-0.05, 0) is 69.0 Å². The Kier molecular flexibility index (Phi) is 6.07. The average molecular weight is 341 g/mol. The lowest BCUT2D eigenvalue weighted by Gasteiger charge is -2.21. The van der Waals surface area contributed by atoms with E-state index in [1.165, 1.54) is 16.7 Å². The molecule has 4 nitrogen and oxygen atoms in total. The Hall–Kier alpha value is -2.49. The van der Waals surface area contributed by atoms with Crippen LogP contribution in [0.15, 0.2) is 36.4 Å². The highest BCUT2D eigenvalue weighted by Crippen LogP contribution is 2.27. The van der Waals surface area contributed by atoms with Crippen molar-refractivity contribution in [1.82, 2.24) is 5.32 Å². The summed E-state index contributed by atoms with van der Waals surface area (Å²) in [4.78, 5) is 12.5. The van der Waals surface area contributed by atoms with Crippen LogP contribution in [0.5, 0.6) is 11.5 Å². The number of aryl methyl sites for hydroxylation is 3. The molecule has 2 aromatic rings. The zero-order chi connectivity index (χ0) is 18.6. The molecule has 2 atom stereocenters. The summed E-state index contributed by atoms with van der Waals surface area (Å²) in [6.45, 7) is 9.98. The van der Waals surface area contributed by atoms with E-state index in [-0.39, 0.29) is 11.9 Å². The van der Waals surface area contributed by atoms with Gasteiger partial charge in [0.1, 0.15) is 0 Å². The van der Waals surface area contributed by atoms with Crippen molar-refractivity contribution >= 4 is 5.91 Å². The maximum Gasteiger partial charge on any atom is 0.261 e.